The molecule has 0 aromatic heterocycles. The third kappa shape index (κ3) is 4.29. The van der Waals surface area contributed by atoms with Crippen molar-refractivity contribution in [2.24, 2.45) is 5.73 Å². The summed E-state index contributed by atoms with van der Waals surface area (Å²) in [5.41, 5.74) is 10.8. The van der Waals surface area contributed by atoms with Crippen LogP contribution in [-0.2, 0) is 0 Å². The lowest BCUT2D eigenvalue weighted by Gasteiger charge is -2.21. The number of hydrogen-bond acceptors (Lipinski definition) is 2. The predicted molar refractivity (Wildman–Crippen MR) is 88.9 cm³/mol. The number of halogens is 2. The van der Waals surface area contributed by atoms with Gasteiger partial charge in [0.1, 0.15) is 5.82 Å². The second kappa shape index (κ2) is 7.55. The Hall–Kier alpha value is -1.94. The summed E-state index contributed by atoms with van der Waals surface area (Å²) in [6, 6.07) is 7.61. The van der Waals surface area contributed by atoms with Gasteiger partial charge in [0.05, 0.1) is 6.61 Å². The summed E-state index contributed by atoms with van der Waals surface area (Å²) in [5, 5.41) is 0. The zero-order valence-corrected chi connectivity index (χ0v) is 13.8. The number of rotatable bonds is 6. The van der Waals surface area contributed by atoms with Gasteiger partial charge in [-0.05, 0) is 68.5 Å². The highest BCUT2D eigenvalue weighted by atomic mass is 19.1. The molecule has 1 atom stereocenters. The Morgan fingerprint density at radius 1 is 1.04 bits per heavy atom. The molecule has 0 fully saturated rings. The Labute approximate surface area is 136 Å². The first-order valence-corrected chi connectivity index (χ1v) is 7.78. The van der Waals surface area contributed by atoms with Crippen molar-refractivity contribution >= 4 is 0 Å². The second-order valence-electron chi connectivity index (χ2n) is 5.96. The van der Waals surface area contributed by atoms with Crippen molar-refractivity contribution < 1.29 is 13.5 Å². The Balaban J connectivity index is 2.06. The van der Waals surface area contributed by atoms with Crippen molar-refractivity contribution in [2.75, 3.05) is 13.2 Å². The Kier molecular flexibility index (Phi) is 5.72. The third-order valence-electron chi connectivity index (χ3n) is 4.05. The van der Waals surface area contributed by atoms with Gasteiger partial charge in [-0.2, -0.15) is 0 Å². The molecule has 0 aliphatic heterocycles. The van der Waals surface area contributed by atoms with Crippen LogP contribution in [0.15, 0.2) is 30.3 Å². The van der Waals surface area contributed by atoms with Crippen LogP contribution in [0.3, 0.4) is 0 Å². The van der Waals surface area contributed by atoms with Crippen LogP contribution in [0.1, 0.15) is 34.6 Å². The first-order chi connectivity index (χ1) is 10.9. The molecule has 0 heterocycles. The minimum atomic E-state index is -0.683. The zero-order valence-electron chi connectivity index (χ0n) is 13.8. The number of nitrogens with two attached hydrogens (primary N) is 1. The highest BCUT2D eigenvalue weighted by molar-refractivity contribution is 5.40. The molecule has 0 amide bonds. The molecule has 0 radical (unpaired) electrons. The highest BCUT2D eigenvalue weighted by Crippen LogP contribution is 2.27. The molecule has 0 bridgehead atoms. The molecule has 1 unspecified atom stereocenters. The van der Waals surface area contributed by atoms with E-state index in [0.717, 1.165) is 6.07 Å². The van der Waals surface area contributed by atoms with E-state index < -0.39 is 11.6 Å². The molecule has 0 aliphatic rings. The second-order valence-corrected chi connectivity index (χ2v) is 5.96. The molecule has 2 nitrogen and oxygen atoms in total. The minimum absolute atomic E-state index is 0.0690. The van der Waals surface area contributed by atoms with Crippen molar-refractivity contribution in [2.45, 2.75) is 33.1 Å². The fourth-order valence-corrected chi connectivity index (χ4v) is 3.12. The van der Waals surface area contributed by atoms with Crippen LogP contribution < -0.4 is 10.5 Å². The summed E-state index contributed by atoms with van der Waals surface area (Å²) in [7, 11) is 0. The molecule has 0 saturated heterocycles. The van der Waals surface area contributed by atoms with Gasteiger partial charge in [-0.15, -0.1) is 0 Å². The molecule has 2 aromatic rings. The quantitative estimate of drug-likeness (QED) is 0.856. The average molecular weight is 319 g/mol. The summed E-state index contributed by atoms with van der Waals surface area (Å²) in [6.07, 6.45) is 0.679. The van der Waals surface area contributed by atoms with Crippen molar-refractivity contribution in [1.29, 1.82) is 0 Å². The summed E-state index contributed by atoms with van der Waals surface area (Å²) >= 11 is 0. The van der Waals surface area contributed by atoms with E-state index in [1.54, 1.807) is 0 Å². The van der Waals surface area contributed by atoms with Crippen LogP contribution in [0.25, 0.3) is 0 Å². The standard InChI is InChI=1S/C19H23F2NO/c1-12-8-13(2)19(14(3)9-12)15(11-22)6-7-23-18-5-4-16(20)10-17(18)21/h4-5,8-10,15H,6-7,11,22H2,1-3H3. The Bertz CT molecular complexity index is 662. The number of hydrogen-bond donors (Lipinski definition) is 1. The molecular weight excluding hydrogens is 296 g/mol. The van der Waals surface area contributed by atoms with Gasteiger partial charge in [0.2, 0.25) is 0 Å². The molecular formula is C19H23F2NO. The van der Waals surface area contributed by atoms with E-state index in [4.69, 9.17) is 10.5 Å². The number of aryl methyl sites for hydroxylation is 3. The summed E-state index contributed by atoms with van der Waals surface area (Å²) in [4.78, 5) is 0. The van der Waals surface area contributed by atoms with Crippen LogP contribution in [-0.4, -0.2) is 13.2 Å². The van der Waals surface area contributed by atoms with Crippen molar-refractivity contribution in [3.63, 3.8) is 0 Å². The molecule has 0 saturated carbocycles. The lowest BCUT2D eigenvalue weighted by Crippen LogP contribution is -2.18. The van der Waals surface area contributed by atoms with E-state index in [2.05, 4.69) is 32.9 Å². The van der Waals surface area contributed by atoms with E-state index in [1.165, 1.54) is 34.4 Å². The van der Waals surface area contributed by atoms with Gasteiger partial charge in [-0.3, -0.25) is 0 Å². The molecule has 124 valence electrons. The van der Waals surface area contributed by atoms with E-state index in [9.17, 15) is 8.78 Å². The fourth-order valence-electron chi connectivity index (χ4n) is 3.12. The fraction of sp³-hybridized carbons (Fsp3) is 0.368. The SMILES string of the molecule is Cc1cc(C)c(C(CN)CCOc2ccc(F)cc2F)c(C)c1. The molecule has 23 heavy (non-hydrogen) atoms. The smallest absolute Gasteiger partial charge is 0.167 e. The normalized spacial score (nSPS) is 12.3. The van der Waals surface area contributed by atoms with Crippen LogP contribution >= 0.6 is 0 Å². The van der Waals surface area contributed by atoms with Crippen molar-refractivity contribution in [1.82, 2.24) is 0 Å². The molecule has 0 aliphatic carbocycles. The van der Waals surface area contributed by atoms with Gasteiger partial charge in [-0.1, -0.05) is 17.7 Å². The Morgan fingerprint density at radius 3 is 2.26 bits per heavy atom. The van der Waals surface area contributed by atoms with Crippen molar-refractivity contribution in [3.05, 3.63) is 64.2 Å². The maximum atomic E-state index is 13.6. The first-order valence-electron chi connectivity index (χ1n) is 7.78. The van der Waals surface area contributed by atoms with E-state index in [-0.39, 0.29) is 11.7 Å². The van der Waals surface area contributed by atoms with E-state index in [0.29, 0.717) is 19.6 Å². The van der Waals surface area contributed by atoms with Gasteiger partial charge in [0.15, 0.2) is 11.6 Å². The monoisotopic (exact) mass is 319 g/mol. The number of ether oxygens (including phenoxy) is 1. The average Bonchev–Trinajstić information content (AvgIpc) is 2.46. The van der Waals surface area contributed by atoms with Gasteiger partial charge < -0.3 is 10.5 Å². The van der Waals surface area contributed by atoms with Gasteiger partial charge in [-0.25, -0.2) is 8.78 Å². The molecule has 0 spiro atoms. The number of benzene rings is 2. The topological polar surface area (TPSA) is 35.2 Å². The third-order valence-corrected chi connectivity index (χ3v) is 4.05. The molecule has 2 aromatic carbocycles. The Morgan fingerprint density at radius 2 is 1.70 bits per heavy atom. The van der Waals surface area contributed by atoms with Crippen LogP contribution in [0.5, 0.6) is 5.75 Å². The van der Waals surface area contributed by atoms with Gasteiger partial charge in [0.25, 0.3) is 0 Å². The highest BCUT2D eigenvalue weighted by Gasteiger charge is 2.16. The van der Waals surface area contributed by atoms with Gasteiger partial charge >= 0.3 is 0 Å². The van der Waals surface area contributed by atoms with Crippen LogP contribution in [0.4, 0.5) is 8.78 Å². The predicted octanol–water partition coefficient (Wildman–Crippen LogP) is 4.40. The van der Waals surface area contributed by atoms with Crippen molar-refractivity contribution in [3.8, 4) is 5.75 Å². The zero-order chi connectivity index (χ0) is 17.0. The lowest BCUT2D eigenvalue weighted by molar-refractivity contribution is 0.283. The van der Waals surface area contributed by atoms with Crippen LogP contribution in [0.2, 0.25) is 0 Å². The molecule has 2 rings (SSSR count). The summed E-state index contributed by atoms with van der Waals surface area (Å²) in [5.74, 6) is -1.07. The molecule has 4 heteroatoms. The summed E-state index contributed by atoms with van der Waals surface area (Å²) in [6.45, 7) is 7.07. The minimum Gasteiger partial charge on any atom is -0.490 e. The maximum absolute atomic E-state index is 13.6. The largest absolute Gasteiger partial charge is 0.490 e. The maximum Gasteiger partial charge on any atom is 0.167 e. The van der Waals surface area contributed by atoms with Crippen LogP contribution in [0, 0.1) is 32.4 Å². The van der Waals surface area contributed by atoms with Gasteiger partial charge in [0, 0.05) is 6.07 Å². The van der Waals surface area contributed by atoms with E-state index >= 15 is 0 Å². The van der Waals surface area contributed by atoms with E-state index in [1.807, 2.05) is 0 Å². The lowest BCUT2D eigenvalue weighted by atomic mass is 9.87. The molecule has 2 N–H and O–H groups in total. The summed E-state index contributed by atoms with van der Waals surface area (Å²) < 4.78 is 31.9. The first kappa shape index (κ1) is 17.4.